The normalized spacial score (nSPS) is 11.5. The van der Waals surface area contributed by atoms with Crippen molar-refractivity contribution in [3.05, 3.63) is 70.9 Å². The number of hydroxylamine groups is 1. The maximum Gasteiger partial charge on any atom is 0.396 e. The molecule has 0 fully saturated rings. The molecule has 0 atom stereocenters. The van der Waals surface area contributed by atoms with Crippen LogP contribution in [0, 0.1) is 5.21 Å². The minimum absolute atomic E-state index is 0.0931. The highest BCUT2D eigenvalue weighted by atomic mass is 16.5. The zero-order valence-corrected chi connectivity index (χ0v) is 16.2. The van der Waals surface area contributed by atoms with Gasteiger partial charge in [-0.25, -0.2) is 9.53 Å². The van der Waals surface area contributed by atoms with Crippen LogP contribution in [0.1, 0.15) is 11.1 Å². The van der Waals surface area contributed by atoms with Gasteiger partial charge in [-0.3, -0.25) is 0 Å². The number of hydrogen-bond acceptors (Lipinski definition) is 5. The lowest BCUT2D eigenvalue weighted by Crippen LogP contribution is -2.31. The number of benzene rings is 2. The molecule has 0 N–H and O–H groups in total. The summed E-state index contributed by atoms with van der Waals surface area (Å²) in [6.45, 7) is 2.66. The number of carbonyl (C=O) groups is 1. The summed E-state index contributed by atoms with van der Waals surface area (Å²) < 4.78 is 5.08. The molecule has 0 aliphatic carbocycles. The average Bonchev–Trinajstić information content (AvgIpc) is 2.65. The number of anilines is 1. The van der Waals surface area contributed by atoms with E-state index in [0.29, 0.717) is 4.74 Å². The molecule has 0 aliphatic heterocycles. The molecule has 0 aromatic heterocycles. The fourth-order valence-electron chi connectivity index (χ4n) is 2.67. The number of carbonyl (C=O) groups excluding carboxylic acids is 1. The van der Waals surface area contributed by atoms with Crippen molar-refractivity contribution >= 4 is 17.9 Å². The van der Waals surface area contributed by atoms with Gasteiger partial charge in [-0.05, 0) is 31.8 Å². The van der Waals surface area contributed by atoms with Gasteiger partial charge in [-0.1, -0.05) is 42.5 Å². The Bertz CT molecular complexity index is 760. The third kappa shape index (κ3) is 7.11. The Morgan fingerprint density at radius 1 is 1.07 bits per heavy atom. The maximum atomic E-state index is 11.9. The van der Waals surface area contributed by atoms with Crippen LogP contribution in [0.15, 0.2) is 54.6 Å². The second kappa shape index (κ2) is 10.3. The van der Waals surface area contributed by atoms with E-state index in [2.05, 4.69) is 40.8 Å². The predicted octanol–water partition coefficient (Wildman–Crippen LogP) is 2.51. The summed E-state index contributed by atoms with van der Waals surface area (Å²) in [4.78, 5) is 15.6. The van der Waals surface area contributed by atoms with Crippen LogP contribution in [-0.2, 0) is 22.6 Å². The Kier molecular flexibility index (Phi) is 7.82. The third-order valence-electron chi connectivity index (χ3n) is 4.10. The number of nitrogens with zero attached hydrogens (tertiary/aromatic N) is 3. The molecule has 0 saturated carbocycles. The van der Waals surface area contributed by atoms with Crippen LogP contribution in [-0.4, -0.2) is 56.1 Å². The van der Waals surface area contributed by atoms with Crippen molar-refractivity contribution in [2.24, 2.45) is 0 Å². The number of ether oxygens (including phenoxy) is 1. The van der Waals surface area contributed by atoms with Gasteiger partial charge in [-0.2, -0.15) is 0 Å². The molecule has 0 amide bonds. The molecule has 2 rings (SSSR count). The van der Waals surface area contributed by atoms with Crippen LogP contribution in [0.2, 0.25) is 0 Å². The highest BCUT2D eigenvalue weighted by Crippen LogP contribution is 2.19. The van der Waals surface area contributed by atoms with Crippen molar-refractivity contribution in [1.29, 1.82) is 0 Å². The van der Waals surface area contributed by atoms with E-state index in [1.165, 1.54) is 12.7 Å². The third-order valence-corrected chi connectivity index (χ3v) is 4.10. The second-order valence-electron chi connectivity index (χ2n) is 6.61. The van der Waals surface area contributed by atoms with E-state index < -0.39 is 5.97 Å². The van der Waals surface area contributed by atoms with Crippen molar-refractivity contribution in [1.82, 2.24) is 4.90 Å². The van der Waals surface area contributed by atoms with Crippen molar-refractivity contribution in [3.63, 3.8) is 0 Å². The van der Waals surface area contributed by atoms with Crippen LogP contribution in [0.4, 0.5) is 5.69 Å². The van der Waals surface area contributed by atoms with Gasteiger partial charge in [0.2, 0.25) is 0 Å². The summed E-state index contributed by atoms with van der Waals surface area (Å²) in [6, 6.07) is 18.2. The maximum absolute atomic E-state index is 11.9. The summed E-state index contributed by atoms with van der Waals surface area (Å²) in [5.74, 6) is -0.655. The van der Waals surface area contributed by atoms with Crippen LogP contribution < -0.4 is 4.90 Å². The number of likely N-dealkylation sites (N-methyl/N-ethyl adjacent to an activating group) is 1. The number of methoxy groups -OCH3 is 1. The Balaban J connectivity index is 2.19. The lowest BCUT2D eigenvalue weighted by Gasteiger charge is -2.27. The molecule has 0 unspecified atom stereocenters. The Labute approximate surface area is 160 Å². The summed E-state index contributed by atoms with van der Waals surface area (Å²) >= 11 is 0. The minimum atomic E-state index is -0.655. The minimum Gasteiger partial charge on any atom is -0.623 e. The zero-order valence-electron chi connectivity index (χ0n) is 16.2. The summed E-state index contributed by atoms with van der Waals surface area (Å²) in [7, 11) is 5.35. The van der Waals surface area contributed by atoms with Gasteiger partial charge >= 0.3 is 5.97 Å². The first-order valence-electron chi connectivity index (χ1n) is 8.87. The smallest absolute Gasteiger partial charge is 0.396 e. The number of rotatable bonds is 9. The van der Waals surface area contributed by atoms with E-state index in [1.807, 2.05) is 42.5 Å². The SMILES string of the molecule is COC(=O)/C=[N+](\[O-])Cc1cccc(N(CCN(C)C)Cc2ccccc2)c1. The largest absolute Gasteiger partial charge is 0.623 e. The fraction of sp³-hybridized carbons (Fsp3) is 0.333. The van der Waals surface area contributed by atoms with Gasteiger partial charge < -0.3 is 19.7 Å². The van der Waals surface area contributed by atoms with Crippen molar-refractivity contribution in [2.75, 3.05) is 39.2 Å². The monoisotopic (exact) mass is 369 g/mol. The molecular weight excluding hydrogens is 342 g/mol. The molecule has 2 aromatic carbocycles. The Morgan fingerprint density at radius 3 is 2.44 bits per heavy atom. The summed E-state index contributed by atoms with van der Waals surface area (Å²) in [6.07, 6.45) is 0.917. The molecular formula is C21H27N3O3. The van der Waals surface area contributed by atoms with Gasteiger partial charge in [0.25, 0.3) is 6.21 Å². The molecule has 0 spiro atoms. The quantitative estimate of drug-likeness (QED) is 0.223. The van der Waals surface area contributed by atoms with E-state index >= 15 is 0 Å². The van der Waals surface area contributed by atoms with Crippen LogP contribution >= 0.6 is 0 Å². The van der Waals surface area contributed by atoms with Crippen molar-refractivity contribution in [2.45, 2.75) is 13.1 Å². The number of hydrogen-bond donors (Lipinski definition) is 0. The highest BCUT2D eigenvalue weighted by molar-refractivity contribution is 6.20. The average molecular weight is 369 g/mol. The molecule has 0 heterocycles. The molecule has 0 bridgehead atoms. The standard InChI is InChI=1S/C21H27N3O3/c1-22(2)12-13-23(15-18-8-5-4-6-9-18)20-11-7-10-19(14-20)16-24(26)17-21(25)27-3/h4-11,14,17H,12-13,15-16H2,1-3H3/b24-17-. The molecule has 0 aliphatic rings. The summed E-state index contributed by atoms with van der Waals surface area (Å²) in [5, 5.41) is 11.9. The van der Waals surface area contributed by atoms with Crippen LogP contribution in [0.5, 0.6) is 0 Å². The molecule has 0 saturated heterocycles. The van der Waals surface area contributed by atoms with Gasteiger partial charge in [0.15, 0.2) is 6.54 Å². The van der Waals surface area contributed by atoms with Crippen molar-refractivity contribution in [3.8, 4) is 0 Å². The Hall–Kier alpha value is -2.86. The van der Waals surface area contributed by atoms with E-state index in [-0.39, 0.29) is 6.54 Å². The lowest BCUT2D eigenvalue weighted by atomic mass is 10.1. The van der Waals surface area contributed by atoms with Crippen LogP contribution in [0.3, 0.4) is 0 Å². The number of esters is 1. The predicted molar refractivity (Wildman–Crippen MR) is 108 cm³/mol. The molecule has 144 valence electrons. The van der Waals surface area contributed by atoms with E-state index in [1.54, 1.807) is 0 Å². The van der Waals surface area contributed by atoms with Gasteiger partial charge in [0.1, 0.15) is 0 Å². The Morgan fingerprint density at radius 2 is 1.78 bits per heavy atom. The van der Waals surface area contributed by atoms with Gasteiger partial charge in [-0.15, -0.1) is 0 Å². The van der Waals surface area contributed by atoms with Gasteiger partial charge in [0, 0.05) is 30.9 Å². The molecule has 6 heteroatoms. The van der Waals surface area contributed by atoms with Crippen molar-refractivity contribution < 1.29 is 14.3 Å². The molecule has 0 radical (unpaired) electrons. The highest BCUT2D eigenvalue weighted by Gasteiger charge is 2.10. The first kappa shape index (κ1) is 20.5. The van der Waals surface area contributed by atoms with E-state index in [9.17, 15) is 10.0 Å². The fourth-order valence-corrected chi connectivity index (χ4v) is 2.67. The first-order valence-corrected chi connectivity index (χ1v) is 8.87. The summed E-state index contributed by atoms with van der Waals surface area (Å²) in [5.41, 5.74) is 3.11. The first-order chi connectivity index (χ1) is 13.0. The van der Waals surface area contributed by atoms with Gasteiger partial charge in [0.05, 0.1) is 7.11 Å². The zero-order chi connectivity index (χ0) is 19.6. The molecule has 2 aromatic rings. The lowest BCUT2D eigenvalue weighted by molar-refractivity contribution is -0.469. The topological polar surface area (TPSA) is 58.9 Å². The molecule has 6 nitrogen and oxygen atoms in total. The van der Waals surface area contributed by atoms with Crippen LogP contribution in [0.25, 0.3) is 0 Å². The molecule has 27 heavy (non-hydrogen) atoms. The second-order valence-corrected chi connectivity index (χ2v) is 6.61. The van der Waals surface area contributed by atoms with E-state index in [4.69, 9.17) is 0 Å². The van der Waals surface area contributed by atoms with E-state index in [0.717, 1.165) is 37.1 Å².